The summed E-state index contributed by atoms with van der Waals surface area (Å²) in [7, 11) is 1.49. The van der Waals surface area contributed by atoms with Crippen LogP contribution in [0.3, 0.4) is 0 Å². The van der Waals surface area contributed by atoms with Crippen LogP contribution in [-0.4, -0.2) is 28.0 Å². The van der Waals surface area contributed by atoms with Crippen LogP contribution in [0.5, 0.6) is 0 Å². The monoisotopic (exact) mass is 213 g/mol. The first-order chi connectivity index (χ1) is 7.11. The Morgan fingerprint density at radius 3 is 2.80 bits per heavy atom. The minimum atomic E-state index is -1.07. The van der Waals surface area contributed by atoms with Gasteiger partial charge in [0.1, 0.15) is 17.1 Å². The molecule has 1 heterocycles. The third kappa shape index (κ3) is 2.27. The molecule has 6 nitrogen and oxygen atoms in total. The molecular formula is C9H15N3O3. The van der Waals surface area contributed by atoms with Gasteiger partial charge in [0.05, 0.1) is 6.61 Å². The second-order valence-corrected chi connectivity index (χ2v) is 3.17. The first-order valence-corrected chi connectivity index (χ1v) is 4.69. The van der Waals surface area contributed by atoms with Crippen molar-refractivity contribution in [3.63, 3.8) is 0 Å². The molecule has 1 aromatic rings. The molecule has 0 bridgehead atoms. The average molecular weight is 213 g/mol. The number of hydrogen-bond acceptors (Lipinski definition) is 4. The van der Waals surface area contributed by atoms with E-state index in [1.807, 2.05) is 6.92 Å². The number of methoxy groups -OCH3 is 1. The van der Waals surface area contributed by atoms with E-state index in [1.54, 1.807) is 0 Å². The minimum Gasteiger partial charge on any atom is -0.477 e. The smallest absolute Gasteiger partial charge is 0.341 e. The lowest BCUT2D eigenvalue weighted by Crippen LogP contribution is -2.07. The van der Waals surface area contributed by atoms with Crippen molar-refractivity contribution >= 4 is 11.8 Å². The third-order valence-electron chi connectivity index (χ3n) is 1.99. The Labute approximate surface area is 87.6 Å². The van der Waals surface area contributed by atoms with Crippen LogP contribution < -0.4 is 5.73 Å². The number of carboxylic acids is 1. The van der Waals surface area contributed by atoms with E-state index in [9.17, 15) is 4.79 Å². The summed E-state index contributed by atoms with van der Waals surface area (Å²) in [6, 6.07) is 0. The lowest BCUT2D eigenvalue weighted by Gasteiger charge is -2.00. The van der Waals surface area contributed by atoms with Gasteiger partial charge in [0.15, 0.2) is 0 Å². The van der Waals surface area contributed by atoms with E-state index in [4.69, 9.17) is 15.6 Å². The molecule has 3 N–H and O–H groups in total. The Morgan fingerprint density at radius 1 is 1.67 bits per heavy atom. The zero-order valence-corrected chi connectivity index (χ0v) is 8.86. The maximum absolute atomic E-state index is 10.9. The quantitative estimate of drug-likeness (QED) is 0.752. The lowest BCUT2D eigenvalue weighted by molar-refractivity contribution is 0.0693. The summed E-state index contributed by atoms with van der Waals surface area (Å²) in [5, 5.41) is 13.1. The first kappa shape index (κ1) is 11.5. The van der Waals surface area contributed by atoms with Crippen molar-refractivity contribution in [1.29, 1.82) is 0 Å². The fourth-order valence-electron chi connectivity index (χ4n) is 1.38. The largest absolute Gasteiger partial charge is 0.477 e. The summed E-state index contributed by atoms with van der Waals surface area (Å²) in [6.45, 7) is 2.73. The number of nitrogens with zero attached hydrogens (tertiary/aromatic N) is 2. The number of anilines is 1. The number of aryl methyl sites for hydroxylation is 1. The Kier molecular flexibility index (Phi) is 3.68. The summed E-state index contributed by atoms with van der Waals surface area (Å²) >= 11 is 0. The molecule has 1 aromatic heterocycles. The molecule has 0 aromatic carbocycles. The summed E-state index contributed by atoms with van der Waals surface area (Å²) in [5.41, 5.74) is 6.10. The Hall–Kier alpha value is -1.56. The van der Waals surface area contributed by atoms with Crippen molar-refractivity contribution in [2.75, 3.05) is 12.8 Å². The summed E-state index contributed by atoms with van der Waals surface area (Å²) in [4.78, 5) is 10.9. The van der Waals surface area contributed by atoms with E-state index < -0.39 is 5.97 Å². The van der Waals surface area contributed by atoms with Gasteiger partial charge >= 0.3 is 5.97 Å². The van der Waals surface area contributed by atoms with Crippen LogP contribution >= 0.6 is 0 Å². The molecule has 0 amide bonds. The van der Waals surface area contributed by atoms with Gasteiger partial charge in [0.25, 0.3) is 0 Å². The predicted molar refractivity (Wildman–Crippen MR) is 54.6 cm³/mol. The van der Waals surface area contributed by atoms with Gasteiger partial charge in [-0.25, -0.2) is 9.48 Å². The van der Waals surface area contributed by atoms with Crippen molar-refractivity contribution in [2.24, 2.45) is 0 Å². The molecule has 0 fully saturated rings. The highest BCUT2D eigenvalue weighted by Gasteiger charge is 2.20. The number of hydrogen-bond donors (Lipinski definition) is 2. The number of aromatic nitrogens is 2. The molecule has 1 rings (SSSR count). The highest BCUT2D eigenvalue weighted by Crippen LogP contribution is 2.18. The first-order valence-electron chi connectivity index (χ1n) is 4.69. The van der Waals surface area contributed by atoms with Gasteiger partial charge < -0.3 is 15.6 Å². The van der Waals surface area contributed by atoms with Gasteiger partial charge in [-0.2, -0.15) is 5.10 Å². The molecule has 0 aliphatic heterocycles. The van der Waals surface area contributed by atoms with Gasteiger partial charge in [-0.05, 0) is 6.42 Å². The second kappa shape index (κ2) is 4.79. The Bertz CT molecular complexity index is 360. The maximum Gasteiger partial charge on any atom is 0.341 e. The molecule has 0 aliphatic rings. The standard InChI is InChI=1S/C9H15N3O3/c1-3-4-12-8(10)7(9(13)14)6(11-12)5-15-2/h3-5,10H2,1-2H3,(H,13,14). The predicted octanol–water partition coefficient (Wildman–Crippen LogP) is 0.720. The molecular weight excluding hydrogens is 198 g/mol. The molecule has 0 saturated heterocycles. The zero-order chi connectivity index (χ0) is 11.4. The Morgan fingerprint density at radius 2 is 2.33 bits per heavy atom. The van der Waals surface area contributed by atoms with E-state index in [0.717, 1.165) is 6.42 Å². The van der Waals surface area contributed by atoms with E-state index in [1.165, 1.54) is 11.8 Å². The topological polar surface area (TPSA) is 90.4 Å². The van der Waals surface area contributed by atoms with E-state index in [-0.39, 0.29) is 18.0 Å². The number of nitrogen functional groups attached to an aromatic ring is 1. The van der Waals surface area contributed by atoms with Crippen LogP contribution in [0.1, 0.15) is 29.4 Å². The zero-order valence-electron chi connectivity index (χ0n) is 8.86. The molecule has 84 valence electrons. The van der Waals surface area contributed by atoms with Crippen LogP contribution in [0.15, 0.2) is 0 Å². The Balaban J connectivity index is 3.13. The number of nitrogens with two attached hydrogens (primary N) is 1. The molecule has 6 heteroatoms. The molecule has 0 unspecified atom stereocenters. The van der Waals surface area contributed by atoms with Crippen molar-refractivity contribution < 1.29 is 14.6 Å². The third-order valence-corrected chi connectivity index (χ3v) is 1.99. The van der Waals surface area contributed by atoms with E-state index in [0.29, 0.717) is 12.2 Å². The molecule has 0 radical (unpaired) electrons. The summed E-state index contributed by atoms with van der Waals surface area (Å²) in [5.74, 6) is -0.877. The molecule has 0 aliphatic carbocycles. The van der Waals surface area contributed by atoms with Crippen LogP contribution in [0.25, 0.3) is 0 Å². The van der Waals surface area contributed by atoms with Gasteiger partial charge in [-0.15, -0.1) is 0 Å². The normalized spacial score (nSPS) is 10.5. The molecule has 0 spiro atoms. The minimum absolute atomic E-state index is 0.0466. The SMILES string of the molecule is CCCn1nc(COC)c(C(=O)O)c1N. The van der Waals surface area contributed by atoms with Crippen LogP contribution in [0.4, 0.5) is 5.82 Å². The van der Waals surface area contributed by atoms with Crippen LogP contribution in [0.2, 0.25) is 0 Å². The molecule has 0 saturated carbocycles. The van der Waals surface area contributed by atoms with Crippen molar-refractivity contribution in [2.45, 2.75) is 26.5 Å². The lowest BCUT2D eigenvalue weighted by atomic mass is 10.2. The fourth-order valence-corrected chi connectivity index (χ4v) is 1.38. The number of carboxylic acid groups (broad SMARTS) is 1. The van der Waals surface area contributed by atoms with Gasteiger partial charge in [-0.3, -0.25) is 0 Å². The maximum atomic E-state index is 10.9. The van der Waals surface area contributed by atoms with Crippen molar-refractivity contribution in [1.82, 2.24) is 9.78 Å². The van der Waals surface area contributed by atoms with E-state index in [2.05, 4.69) is 5.10 Å². The highest BCUT2D eigenvalue weighted by atomic mass is 16.5. The second-order valence-electron chi connectivity index (χ2n) is 3.17. The van der Waals surface area contributed by atoms with Gasteiger partial charge in [0, 0.05) is 13.7 Å². The van der Waals surface area contributed by atoms with Crippen molar-refractivity contribution in [3.8, 4) is 0 Å². The average Bonchev–Trinajstić information content (AvgIpc) is 2.45. The summed E-state index contributed by atoms with van der Waals surface area (Å²) in [6.07, 6.45) is 0.845. The molecule has 0 atom stereocenters. The summed E-state index contributed by atoms with van der Waals surface area (Å²) < 4.78 is 6.37. The highest BCUT2D eigenvalue weighted by molar-refractivity contribution is 5.94. The van der Waals surface area contributed by atoms with Crippen molar-refractivity contribution in [3.05, 3.63) is 11.3 Å². The van der Waals surface area contributed by atoms with Gasteiger partial charge in [-0.1, -0.05) is 6.92 Å². The fraction of sp³-hybridized carbons (Fsp3) is 0.556. The number of ether oxygens (including phenoxy) is 1. The van der Waals surface area contributed by atoms with Gasteiger partial charge in [0.2, 0.25) is 0 Å². The molecule has 15 heavy (non-hydrogen) atoms. The number of carbonyl (C=O) groups is 1. The van der Waals surface area contributed by atoms with Crippen LogP contribution in [0, 0.1) is 0 Å². The van der Waals surface area contributed by atoms with Crippen LogP contribution in [-0.2, 0) is 17.9 Å². The van der Waals surface area contributed by atoms with E-state index >= 15 is 0 Å². The number of rotatable bonds is 5. The number of aromatic carboxylic acids is 1.